The topological polar surface area (TPSA) is 45.6 Å². The molecule has 1 aliphatic heterocycles. The normalized spacial score (nSPS) is 14.5. The molecule has 0 saturated heterocycles. The summed E-state index contributed by atoms with van der Waals surface area (Å²) in [4.78, 5) is 4.35. The third kappa shape index (κ3) is 6.11. The highest BCUT2D eigenvalue weighted by atomic mass is 127. The Morgan fingerprint density at radius 1 is 1.24 bits per heavy atom. The van der Waals surface area contributed by atoms with Crippen molar-refractivity contribution in [3.05, 3.63) is 29.8 Å². The van der Waals surface area contributed by atoms with Crippen molar-refractivity contribution in [2.45, 2.75) is 32.6 Å². The van der Waals surface area contributed by atoms with Gasteiger partial charge >= 0.3 is 0 Å². The summed E-state index contributed by atoms with van der Waals surface area (Å²) < 4.78 is 5.72. The fraction of sp³-hybridized carbons (Fsp3) is 0.562. The number of guanidine groups is 1. The standard InChI is InChI=1S/C16H25N3O.HI/c1-16(2,3)13-5-7-14(8-6-13)20-12-11-19-15-17-9-4-10-18-15;/h5-8H,4,9-12H2,1-3H3,(H2,17,18,19);1H. The van der Waals surface area contributed by atoms with Crippen molar-refractivity contribution < 1.29 is 4.74 Å². The molecule has 0 atom stereocenters. The number of nitrogens with zero attached hydrogens (tertiary/aromatic N) is 1. The molecule has 2 N–H and O–H groups in total. The molecule has 0 aromatic heterocycles. The van der Waals surface area contributed by atoms with Gasteiger partial charge in [-0.1, -0.05) is 32.9 Å². The van der Waals surface area contributed by atoms with Gasteiger partial charge in [0.05, 0.1) is 6.54 Å². The first-order valence-corrected chi connectivity index (χ1v) is 7.31. The van der Waals surface area contributed by atoms with Crippen molar-refractivity contribution in [2.75, 3.05) is 26.2 Å². The van der Waals surface area contributed by atoms with Crippen LogP contribution in [-0.2, 0) is 5.41 Å². The molecule has 0 unspecified atom stereocenters. The van der Waals surface area contributed by atoms with Crippen LogP contribution in [0.5, 0.6) is 5.75 Å². The number of hydrogen-bond acceptors (Lipinski definition) is 4. The minimum atomic E-state index is 0. The molecule has 2 rings (SSSR count). The van der Waals surface area contributed by atoms with Crippen LogP contribution in [0, 0.1) is 0 Å². The van der Waals surface area contributed by atoms with Gasteiger partial charge in [-0.05, 0) is 29.5 Å². The zero-order chi connectivity index (χ0) is 14.4. The molecular formula is C16H26IN3O. The minimum absolute atomic E-state index is 0. The number of aliphatic imine (C=N–C) groups is 1. The zero-order valence-electron chi connectivity index (χ0n) is 13.1. The van der Waals surface area contributed by atoms with Gasteiger partial charge in [0, 0.05) is 13.1 Å². The second-order valence-electron chi connectivity index (χ2n) is 6.06. The maximum absolute atomic E-state index is 5.72. The minimum Gasteiger partial charge on any atom is -0.492 e. The van der Waals surface area contributed by atoms with Crippen LogP contribution >= 0.6 is 24.0 Å². The van der Waals surface area contributed by atoms with Gasteiger partial charge in [0.1, 0.15) is 12.4 Å². The lowest BCUT2D eigenvalue weighted by atomic mass is 9.87. The van der Waals surface area contributed by atoms with Crippen LogP contribution < -0.4 is 15.4 Å². The Morgan fingerprint density at radius 2 is 1.95 bits per heavy atom. The Morgan fingerprint density at radius 3 is 2.52 bits per heavy atom. The lowest BCUT2D eigenvalue weighted by Gasteiger charge is -2.19. The Bertz CT molecular complexity index is 452. The number of hydrogen-bond donors (Lipinski definition) is 2. The van der Waals surface area contributed by atoms with E-state index in [2.05, 4.69) is 48.5 Å². The molecule has 0 saturated carbocycles. The summed E-state index contributed by atoms with van der Waals surface area (Å²) >= 11 is 0. The molecule has 0 aliphatic carbocycles. The quantitative estimate of drug-likeness (QED) is 0.601. The van der Waals surface area contributed by atoms with Gasteiger partial charge in [0.2, 0.25) is 0 Å². The Labute approximate surface area is 144 Å². The molecule has 4 nitrogen and oxygen atoms in total. The van der Waals surface area contributed by atoms with E-state index in [1.54, 1.807) is 0 Å². The third-order valence-electron chi connectivity index (χ3n) is 3.28. The van der Waals surface area contributed by atoms with Gasteiger partial charge < -0.3 is 15.4 Å². The van der Waals surface area contributed by atoms with Gasteiger partial charge in [0.15, 0.2) is 5.96 Å². The smallest absolute Gasteiger partial charge is 0.191 e. The van der Waals surface area contributed by atoms with Gasteiger partial charge in [-0.2, -0.15) is 0 Å². The van der Waals surface area contributed by atoms with Crippen LogP contribution in [0.2, 0.25) is 0 Å². The summed E-state index contributed by atoms with van der Waals surface area (Å²) in [5, 5.41) is 6.47. The highest BCUT2D eigenvalue weighted by molar-refractivity contribution is 14.0. The first-order chi connectivity index (χ1) is 9.55. The molecule has 0 spiro atoms. The summed E-state index contributed by atoms with van der Waals surface area (Å²) in [6, 6.07) is 8.35. The lowest BCUT2D eigenvalue weighted by Crippen LogP contribution is -2.42. The predicted octanol–water partition coefficient (Wildman–Crippen LogP) is 2.92. The van der Waals surface area contributed by atoms with E-state index in [1.165, 1.54) is 5.56 Å². The van der Waals surface area contributed by atoms with Crippen molar-refractivity contribution >= 4 is 29.9 Å². The number of ether oxygens (including phenoxy) is 1. The highest BCUT2D eigenvalue weighted by Gasteiger charge is 2.12. The molecule has 0 radical (unpaired) electrons. The molecule has 0 fully saturated rings. The van der Waals surface area contributed by atoms with Crippen LogP contribution in [0.15, 0.2) is 29.3 Å². The summed E-state index contributed by atoms with van der Waals surface area (Å²) in [6.07, 6.45) is 1.11. The van der Waals surface area contributed by atoms with E-state index in [0.29, 0.717) is 6.61 Å². The van der Waals surface area contributed by atoms with Crippen LogP contribution in [0.25, 0.3) is 0 Å². The van der Waals surface area contributed by atoms with Crippen LogP contribution in [0.1, 0.15) is 32.8 Å². The molecule has 1 aliphatic rings. The predicted molar refractivity (Wildman–Crippen MR) is 99.0 cm³/mol. The molecule has 1 heterocycles. The van der Waals surface area contributed by atoms with Crippen molar-refractivity contribution in [1.29, 1.82) is 0 Å². The van der Waals surface area contributed by atoms with E-state index < -0.39 is 0 Å². The maximum atomic E-state index is 5.72. The fourth-order valence-electron chi connectivity index (χ4n) is 2.04. The van der Waals surface area contributed by atoms with E-state index in [4.69, 9.17) is 4.74 Å². The van der Waals surface area contributed by atoms with Gasteiger partial charge in [0.25, 0.3) is 0 Å². The monoisotopic (exact) mass is 403 g/mol. The molecule has 0 amide bonds. The van der Waals surface area contributed by atoms with Crippen molar-refractivity contribution in [1.82, 2.24) is 10.6 Å². The Kier molecular flexibility index (Phi) is 7.28. The summed E-state index contributed by atoms with van der Waals surface area (Å²) in [5.74, 6) is 1.81. The first-order valence-electron chi connectivity index (χ1n) is 7.31. The molecule has 1 aromatic rings. The molecule has 21 heavy (non-hydrogen) atoms. The molecular weight excluding hydrogens is 377 g/mol. The summed E-state index contributed by atoms with van der Waals surface area (Å²) in [5.41, 5.74) is 1.51. The average molecular weight is 403 g/mol. The van der Waals surface area contributed by atoms with E-state index >= 15 is 0 Å². The third-order valence-corrected chi connectivity index (χ3v) is 3.28. The Hall–Kier alpha value is -0.980. The van der Waals surface area contributed by atoms with Crippen LogP contribution in [0.3, 0.4) is 0 Å². The molecule has 5 heteroatoms. The second kappa shape index (κ2) is 8.46. The van der Waals surface area contributed by atoms with Crippen LogP contribution in [0.4, 0.5) is 0 Å². The van der Waals surface area contributed by atoms with E-state index in [1.807, 2.05) is 12.1 Å². The van der Waals surface area contributed by atoms with E-state index in [-0.39, 0.29) is 29.4 Å². The Balaban J connectivity index is 0.00000220. The number of benzene rings is 1. The largest absolute Gasteiger partial charge is 0.492 e. The first kappa shape index (κ1) is 18.1. The lowest BCUT2D eigenvalue weighted by molar-refractivity contribution is 0.321. The highest BCUT2D eigenvalue weighted by Crippen LogP contribution is 2.24. The van der Waals surface area contributed by atoms with Gasteiger partial charge in [-0.15, -0.1) is 24.0 Å². The molecule has 1 aromatic carbocycles. The second-order valence-corrected chi connectivity index (χ2v) is 6.06. The van der Waals surface area contributed by atoms with Crippen molar-refractivity contribution in [3.63, 3.8) is 0 Å². The average Bonchev–Trinajstić information content (AvgIpc) is 2.44. The number of halogens is 1. The zero-order valence-corrected chi connectivity index (χ0v) is 15.4. The van der Waals surface area contributed by atoms with Gasteiger partial charge in [-0.25, -0.2) is 0 Å². The maximum Gasteiger partial charge on any atom is 0.191 e. The number of rotatable bonds is 4. The number of nitrogens with one attached hydrogen (secondary N) is 2. The summed E-state index contributed by atoms with van der Waals surface area (Å²) in [7, 11) is 0. The summed E-state index contributed by atoms with van der Waals surface area (Å²) in [6.45, 7) is 9.94. The SMILES string of the molecule is CC(C)(C)c1ccc(OCCNC2=NCCCN2)cc1.I. The van der Waals surface area contributed by atoms with E-state index in [0.717, 1.165) is 37.8 Å². The fourth-order valence-corrected chi connectivity index (χ4v) is 2.04. The molecule has 0 bridgehead atoms. The van der Waals surface area contributed by atoms with E-state index in [9.17, 15) is 0 Å². The van der Waals surface area contributed by atoms with Gasteiger partial charge in [-0.3, -0.25) is 4.99 Å². The van der Waals surface area contributed by atoms with Crippen molar-refractivity contribution in [3.8, 4) is 5.75 Å². The molecule has 118 valence electrons. The van der Waals surface area contributed by atoms with Crippen LogP contribution in [-0.4, -0.2) is 32.2 Å². The van der Waals surface area contributed by atoms with Crippen molar-refractivity contribution in [2.24, 2.45) is 4.99 Å².